The maximum atomic E-state index is 12.7. The first-order chi connectivity index (χ1) is 14.4. The largest absolute Gasteiger partial charge is 0.489 e. The van der Waals surface area contributed by atoms with Crippen LogP contribution in [0.2, 0.25) is 0 Å². The van der Waals surface area contributed by atoms with Crippen molar-refractivity contribution in [2.45, 2.75) is 34.3 Å². The van der Waals surface area contributed by atoms with Gasteiger partial charge in [0, 0.05) is 17.3 Å². The van der Waals surface area contributed by atoms with E-state index >= 15 is 0 Å². The van der Waals surface area contributed by atoms with E-state index in [-0.39, 0.29) is 12.7 Å². The molecule has 0 saturated carbocycles. The second kappa shape index (κ2) is 9.35. The molecule has 2 aromatic carbocycles. The number of allylic oxidation sites excluding steroid dienone is 3. The molecule has 0 aromatic heterocycles. The predicted molar refractivity (Wildman–Crippen MR) is 117 cm³/mol. The Morgan fingerprint density at radius 3 is 2.63 bits per heavy atom. The summed E-state index contributed by atoms with van der Waals surface area (Å²) in [5, 5.41) is 2.87. The van der Waals surface area contributed by atoms with Gasteiger partial charge in [0.1, 0.15) is 12.4 Å². The highest BCUT2D eigenvalue weighted by Crippen LogP contribution is 2.32. The number of carbonyl (C=O) groups excluding carboxylic acids is 1. The van der Waals surface area contributed by atoms with E-state index in [1.54, 1.807) is 30.4 Å². The van der Waals surface area contributed by atoms with Crippen molar-refractivity contribution in [3.63, 3.8) is 0 Å². The lowest BCUT2D eigenvalue weighted by atomic mass is 10.1. The van der Waals surface area contributed by atoms with Crippen molar-refractivity contribution in [2.24, 2.45) is 0 Å². The van der Waals surface area contributed by atoms with Gasteiger partial charge in [-0.3, -0.25) is 4.79 Å². The van der Waals surface area contributed by atoms with Crippen molar-refractivity contribution in [1.29, 1.82) is 0 Å². The van der Waals surface area contributed by atoms with E-state index in [2.05, 4.69) is 43.9 Å². The molecule has 0 fully saturated rings. The predicted octanol–water partition coefficient (Wildman–Crippen LogP) is 5.34. The smallest absolute Gasteiger partial charge is 0.255 e. The zero-order valence-corrected chi connectivity index (χ0v) is 17.9. The molecule has 1 aliphatic rings. The lowest BCUT2D eigenvalue weighted by Crippen LogP contribution is -2.22. The van der Waals surface area contributed by atoms with Gasteiger partial charge in [-0.1, -0.05) is 30.3 Å². The van der Waals surface area contributed by atoms with Gasteiger partial charge in [0.2, 0.25) is 6.79 Å². The molecule has 1 aliphatic heterocycles. The van der Waals surface area contributed by atoms with Crippen LogP contribution >= 0.6 is 0 Å². The topological polar surface area (TPSA) is 56.8 Å². The summed E-state index contributed by atoms with van der Waals surface area (Å²) >= 11 is 0. The fraction of sp³-hybridized carbons (Fsp3) is 0.240. The van der Waals surface area contributed by atoms with Crippen molar-refractivity contribution in [2.75, 3.05) is 6.79 Å². The van der Waals surface area contributed by atoms with Gasteiger partial charge in [-0.2, -0.15) is 0 Å². The summed E-state index contributed by atoms with van der Waals surface area (Å²) in [5.41, 5.74) is 5.52. The first-order valence-corrected chi connectivity index (χ1v) is 9.79. The molecule has 1 amide bonds. The third kappa shape index (κ3) is 5.11. The molecule has 1 N–H and O–H groups in total. The Balaban J connectivity index is 1.73. The number of hydrogen-bond donors (Lipinski definition) is 1. The molecule has 5 heteroatoms. The van der Waals surface area contributed by atoms with Crippen LogP contribution in [0.1, 0.15) is 40.9 Å². The molecule has 0 spiro atoms. The second-order valence-corrected chi connectivity index (χ2v) is 7.41. The molecule has 156 valence electrons. The Hall–Kier alpha value is -3.47. The van der Waals surface area contributed by atoms with Crippen LogP contribution in [0.5, 0.6) is 11.5 Å². The highest BCUT2D eigenvalue weighted by atomic mass is 16.7. The number of rotatable bonds is 7. The Morgan fingerprint density at radius 1 is 1.13 bits per heavy atom. The number of benzene rings is 2. The Labute approximate surface area is 177 Å². The van der Waals surface area contributed by atoms with Crippen molar-refractivity contribution in [3.05, 3.63) is 94.4 Å². The van der Waals surface area contributed by atoms with Crippen LogP contribution in [-0.4, -0.2) is 12.7 Å². The molecular weight excluding hydrogens is 378 g/mol. The van der Waals surface area contributed by atoms with Crippen molar-refractivity contribution in [1.82, 2.24) is 5.32 Å². The molecule has 0 saturated heterocycles. The normalized spacial score (nSPS) is 12.3. The highest BCUT2D eigenvalue weighted by molar-refractivity contribution is 5.96. The molecule has 5 nitrogen and oxygen atoms in total. The summed E-state index contributed by atoms with van der Waals surface area (Å²) in [6.07, 6.45) is 3.38. The molecular formula is C25H27NO4. The molecule has 3 rings (SSSR count). The summed E-state index contributed by atoms with van der Waals surface area (Å²) in [4.78, 5) is 12.7. The number of aryl methyl sites for hydroxylation is 2. The van der Waals surface area contributed by atoms with Crippen LogP contribution in [0.15, 0.2) is 72.2 Å². The molecule has 0 radical (unpaired) electrons. The summed E-state index contributed by atoms with van der Waals surface area (Å²) < 4.78 is 16.7. The van der Waals surface area contributed by atoms with Gasteiger partial charge in [0.25, 0.3) is 5.91 Å². The molecule has 1 heterocycles. The van der Waals surface area contributed by atoms with Crippen LogP contribution in [0.25, 0.3) is 0 Å². The standard InChI is InChI=1S/C25H27NO4/c1-6-21(26-25(27)19-9-10-22-24(12-19)30-15-29-22)13-23(16(2)3)28-14-20-11-17(4)7-8-18(20)5/h6-13H,1,14-15H2,2-5H3,(H,26,27)/b21-13+. The summed E-state index contributed by atoms with van der Waals surface area (Å²) in [7, 11) is 0. The monoisotopic (exact) mass is 405 g/mol. The highest BCUT2D eigenvalue weighted by Gasteiger charge is 2.16. The van der Waals surface area contributed by atoms with Crippen LogP contribution in [0.4, 0.5) is 0 Å². The van der Waals surface area contributed by atoms with Crippen LogP contribution < -0.4 is 14.8 Å². The minimum Gasteiger partial charge on any atom is -0.489 e. The van der Waals surface area contributed by atoms with E-state index in [0.717, 1.165) is 11.1 Å². The molecule has 0 bridgehead atoms. The summed E-state index contributed by atoms with van der Waals surface area (Å²) in [6, 6.07) is 11.4. The number of nitrogens with one attached hydrogen (secondary N) is 1. The van der Waals surface area contributed by atoms with E-state index in [0.29, 0.717) is 35.1 Å². The van der Waals surface area contributed by atoms with Crippen LogP contribution in [0, 0.1) is 13.8 Å². The van der Waals surface area contributed by atoms with Gasteiger partial charge in [-0.25, -0.2) is 0 Å². The Morgan fingerprint density at radius 2 is 1.90 bits per heavy atom. The van der Waals surface area contributed by atoms with Gasteiger partial charge in [-0.15, -0.1) is 0 Å². The van der Waals surface area contributed by atoms with Crippen molar-refractivity contribution < 1.29 is 19.0 Å². The third-order valence-corrected chi connectivity index (χ3v) is 4.78. The van der Waals surface area contributed by atoms with Crippen LogP contribution in [-0.2, 0) is 11.3 Å². The van der Waals surface area contributed by atoms with E-state index in [4.69, 9.17) is 14.2 Å². The maximum Gasteiger partial charge on any atom is 0.255 e. The van der Waals surface area contributed by atoms with Gasteiger partial charge in [-0.05, 0) is 68.7 Å². The van der Waals surface area contributed by atoms with Gasteiger partial charge in [0.15, 0.2) is 11.5 Å². The van der Waals surface area contributed by atoms with E-state index < -0.39 is 0 Å². The first kappa shape index (κ1) is 21.2. The SMILES string of the molecule is C=C/C(=C\C(OCc1cc(C)ccc1C)=C(C)C)NC(=O)c1ccc2c(c1)OCO2. The van der Waals surface area contributed by atoms with Crippen molar-refractivity contribution in [3.8, 4) is 11.5 Å². The third-order valence-electron chi connectivity index (χ3n) is 4.78. The van der Waals surface area contributed by atoms with E-state index in [9.17, 15) is 4.79 Å². The summed E-state index contributed by atoms with van der Waals surface area (Å²) in [5.74, 6) is 1.63. The number of amides is 1. The minimum absolute atomic E-state index is 0.167. The average molecular weight is 405 g/mol. The van der Waals surface area contributed by atoms with Gasteiger partial charge < -0.3 is 19.5 Å². The lowest BCUT2D eigenvalue weighted by Gasteiger charge is -2.14. The Kier molecular flexibility index (Phi) is 6.62. The zero-order chi connectivity index (χ0) is 21.7. The zero-order valence-electron chi connectivity index (χ0n) is 17.9. The van der Waals surface area contributed by atoms with Gasteiger partial charge in [0.05, 0.1) is 0 Å². The fourth-order valence-electron chi connectivity index (χ4n) is 2.97. The lowest BCUT2D eigenvalue weighted by molar-refractivity contribution is 0.0966. The first-order valence-electron chi connectivity index (χ1n) is 9.79. The van der Waals surface area contributed by atoms with E-state index in [1.165, 1.54) is 11.1 Å². The number of ether oxygens (including phenoxy) is 3. The number of fused-ring (bicyclic) bond motifs is 1. The second-order valence-electron chi connectivity index (χ2n) is 7.41. The fourth-order valence-corrected chi connectivity index (χ4v) is 2.97. The molecule has 30 heavy (non-hydrogen) atoms. The quantitative estimate of drug-likeness (QED) is 0.499. The Bertz CT molecular complexity index is 1030. The maximum absolute atomic E-state index is 12.7. The molecule has 0 aliphatic carbocycles. The minimum atomic E-state index is -0.262. The average Bonchev–Trinajstić information content (AvgIpc) is 3.20. The number of carbonyl (C=O) groups is 1. The van der Waals surface area contributed by atoms with Crippen molar-refractivity contribution >= 4 is 5.91 Å². The summed E-state index contributed by atoms with van der Waals surface area (Å²) in [6.45, 7) is 12.5. The molecule has 0 unspecified atom stereocenters. The van der Waals surface area contributed by atoms with E-state index in [1.807, 2.05) is 13.8 Å². The molecule has 0 atom stereocenters. The number of hydrogen-bond acceptors (Lipinski definition) is 4. The van der Waals surface area contributed by atoms with Gasteiger partial charge >= 0.3 is 0 Å². The molecule has 2 aromatic rings. The van der Waals surface area contributed by atoms with Crippen LogP contribution in [0.3, 0.4) is 0 Å².